The van der Waals surface area contributed by atoms with Crippen LogP contribution in [0.4, 0.5) is 5.82 Å². The van der Waals surface area contributed by atoms with Crippen molar-refractivity contribution < 1.29 is 9.59 Å². The molecule has 2 atom stereocenters. The number of aromatic nitrogens is 2. The number of rotatable bonds is 8. The zero-order chi connectivity index (χ0) is 27.0. The van der Waals surface area contributed by atoms with Gasteiger partial charge in [-0.05, 0) is 49.1 Å². The summed E-state index contributed by atoms with van der Waals surface area (Å²) in [7, 11) is 0. The quantitative estimate of drug-likeness (QED) is 0.279. The molecule has 0 aliphatic carbocycles. The van der Waals surface area contributed by atoms with Gasteiger partial charge >= 0.3 is 0 Å². The van der Waals surface area contributed by atoms with Crippen molar-refractivity contribution in [3.8, 4) is 11.3 Å². The standard InChI is InChI=1S/C31H32N6O2/c32-29-28(31(39)35-25-15-8-16-33-19-25)36-27(20-34-29)23-13-7-14-24(18-23)30(38)37-26(22-11-5-2-6-12-22)17-21-9-3-1-4-10-21/h1-7,9-14,18,20,25-26,33H,8,15-17,19H2,(H2,32,34)(H,35,39)(H,37,38)/t25-,26?/m0/s1. The Hall–Kier alpha value is -4.56. The van der Waals surface area contributed by atoms with Gasteiger partial charge in [-0.2, -0.15) is 0 Å². The number of nitrogens with two attached hydrogens (primary N) is 1. The van der Waals surface area contributed by atoms with Crippen molar-refractivity contribution in [2.24, 2.45) is 0 Å². The van der Waals surface area contributed by atoms with E-state index in [-0.39, 0.29) is 35.4 Å². The van der Waals surface area contributed by atoms with E-state index < -0.39 is 0 Å². The van der Waals surface area contributed by atoms with Crippen LogP contribution in [0.5, 0.6) is 0 Å². The van der Waals surface area contributed by atoms with Gasteiger partial charge < -0.3 is 21.7 Å². The number of nitrogens with one attached hydrogen (secondary N) is 3. The first-order valence-electron chi connectivity index (χ1n) is 13.2. The van der Waals surface area contributed by atoms with Gasteiger partial charge in [0.25, 0.3) is 11.8 Å². The zero-order valence-corrected chi connectivity index (χ0v) is 21.6. The Morgan fingerprint density at radius 1 is 0.974 bits per heavy atom. The summed E-state index contributed by atoms with van der Waals surface area (Å²) in [6.07, 6.45) is 4.08. The van der Waals surface area contributed by atoms with Gasteiger partial charge in [0.15, 0.2) is 11.5 Å². The number of anilines is 1. The molecule has 1 unspecified atom stereocenters. The third-order valence-corrected chi connectivity index (χ3v) is 6.86. The molecule has 0 saturated carbocycles. The third kappa shape index (κ3) is 6.66. The molecule has 1 aliphatic heterocycles. The summed E-state index contributed by atoms with van der Waals surface area (Å²) >= 11 is 0. The van der Waals surface area contributed by atoms with Crippen molar-refractivity contribution in [1.29, 1.82) is 0 Å². The second-order valence-corrected chi connectivity index (χ2v) is 9.71. The Labute approximate surface area is 228 Å². The molecule has 8 nitrogen and oxygen atoms in total. The molecule has 1 aliphatic rings. The second-order valence-electron chi connectivity index (χ2n) is 9.71. The molecule has 8 heteroatoms. The number of hydrogen-bond donors (Lipinski definition) is 4. The van der Waals surface area contributed by atoms with E-state index in [2.05, 4.69) is 38.1 Å². The molecule has 2 amide bonds. The summed E-state index contributed by atoms with van der Waals surface area (Å²) in [5, 5.41) is 9.47. The minimum Gasteiger partial charge on any atom is -0.382 e. The highest BCUT2D eigenvalue weighted by molar-refractivity contribution is 5.97. The second kappa shape index (κ2) is 12.3. The minimum absolute atomic E-state index is 0.0246. The first kappa shape index (κ1) is 26.1. The van der Waals surface area contributed by atoms with Gasteiger partial charge in [0.05, 0.1) is 17.9 Å². The van der Waals surface area contributed by atoms with Crippen molar-refractivity contribution >= 4 is 17.6 Å². The molecular weight excluding hydrogens is 488 g/mol. The molecular formula is C31H32N6O2. The van der Waals surface area contributed by atoms with Gasteiger partial charge in [-0.15, -0.1) is 0 Å². The average Bonchev–Trinajstić information content (AvgIpc) is 2.98. The summed E-state index contributed by atoms with van der Waals surface area (Å²) in [5.74, 6) is -0.482. The fourth-order valence-corrected chi connectivity index (χ4v) is 4.78. The van der Waals surface area contributed by atoms with Crippen molar-refractivity contribution in [2.75, 3.05) is 18.8 Å². The fourth-order valence-electron chi connectivity index (χ4n) is 4.78. The lowest BCUT2D eigenvalue weighted by molar-refractivity contribution is 0.0921. The molecule has 1 aromatic heterocycles. The molecule has 0 spiro atoms. The van der Waals surface area contributed by atoms with Crippen LogP contribution >= 0.6 is 0 Å². The summed E-state index contributed by atoms with van der Waals surface area (Å²) in [6, 6.07) is 27.0. The van der Waals surface area contributed by atoms with Crippen LogP contribution in [0.1, 0.15) is 50.9 Å². The Bertz CT molecular complexity index is 1420. The predicted molar refractivity (Wildman–Crippen MR) is 152 cm³/mol. The molecule has 2 heterocycles. The maximum Gasteiger partial charge on any atom is 0.274 e. The fraction of sp³-hybridized carbons (Fsp3) is 0.226. The highest BCUT2D eigenvalue weighted by Gasteiger charge is 2.21. The number of piperidine rings is 1. The van der Waals surface area contributed by atoms with Crippen LogP contribution in [-0.2, 0) is 6.42 Å². The van der Waals surface area contributed by atoms with Gasteiger partial charge in [-0.3, -0.25) is 9.59 Å². The van der Waals surface area contributed by atoms with Crippen LogP contribution in [0.15, 0.2) is 91.1 Å². The molecule has 1 fully saturated rings. The summed E-state index contributed by atoms with van der Waals surface area (Å²) in [5.41, 5.74) is 9.88. The van der Waals surface area contributed by atoms with Crippen molar-refractivity contribution in [3.05, 3.63) is 114 Å². The highest BCUT2D eigenvalue weighted by Crippen LogP contribution is 2.22. The third-order valence-electron chi connectivity index (χ3n) is 6.86. The minimum atomic E-state index is -0.351. The maximum atomic E-state index is 13.4. The number of carbonyl (C=O) groups is 2. The van der Waals surface area contributed by atoms with Crippen LogP contribution in [-0.4, -0.2) is 40.9 Å². The van der Waals surface area contributed by atoms with E-state index >= 15 is 0 Å². The smallest absolute Gasteiger partial charge is 0.274 e. The van der Waals surface area contributed by atoms with E-state index in [1.807, 2.05) is 54.6 Å². The van der Waals surface area contributed by atoms with E-state index in [1.165, 1.54) is 6.20 Å². The molecule has 198 valence electrons. The normalized spacial score (nSPS) is 15.7. The SMILES string of the molecule is Nc1ncc(-c2cccc(C(=O)NC(Cc3ccccc3)c3ccccc3)c2)nc1C(=O)N[C@H]1CCCNC1. The van der Waals surface area contributed by atoms with Gasteiger partial charge in [0.1, 0.15) is 0 Å². The van der Waals surface area contributed by atoms with Crippen LogP contribution in [0.3, 0.4) is 0 Å². The Balaban J connectivity index is 1.35. The molecule has 39 heavy (non-hydrogen) atoms. The van der Waals surface area contributed by atoms with E-state index in [1.54, 1.807) is 18.2 Å². The number of hydrogen-bond acceptors (Lipinski definition) is 6. The van der Waals surface area contributed by atoms with Crippen molar-refractivity contribution in [1.82, 2.24) is 25.9 Å². The molecule has 1 saturated heterocycles. The van der Waals surface area contributed by atoms with Gasteiger partial charge in [0, 0.05) is 23.7 Å². The lowest BCUT2D eigenvalue weighted by Gasteiger charge is -2.23. The molecule has 5 rings (SSSR count). The van der Waals surface area contributed by atoms with Gasteiger partial charge in [0.2, 0.25) is 0 Å². The first-order chi connectivity index (χ1) is 19.1. The molecule has 0 bridgehead atoms. The van der Waals surface area contributed by atoms with Crippen LogP contribution in [0.25, 0.3) is 11.3 Å². The largest absolute Gasteiger partial charge is 0.382 e. The first-order valence-corrected chi connectivity index (χ1v) is 13.2. The Kier molecular flexibility index (Phi) is 8.23. The predicted octanol–water partition coefficient (Wildman–Crippen LogP) is 3.92. The van der Waals surface area contributed by atoms with E-state index in [4.69, 9.17) is 5.73 Å². The Morgan fingerprint density at radius 2 is 1.74 bits per heavy atom. The van der Waals surface area contributed by atoms with Crippen LogP contribution < -0.4 is 21.7 Å². The van der Waals surface area contributed by atoms with Crippen LogP contribution in [0, 0.1) is 0 Å². The van der Waals surface area contributed by atoms with E-state index in [9.17, 15) is 9.59 Å². The lowest BCUT2D eigenvalue weighted by atomic mass is 9.98. The van der Waals surface area contributed by atoms with Gasteiger partial charge in [-0.25, -0.2) is 9.97 Å². The topological polar surface area (TPSA) is 122 Å². The van der Waals surface area contributed by atoms with Crippen molar-refractivity contribution in [3.63, 3.8) is 0 Å². The van der Waals surface area contributed by atoms with E-state index in [0.717, 1.165) is 30.5 Å². The van der Waals surface area contributed by atoms with Crippen LogP contribution in [0.2, 0.25) is 0 Å². The average molecular weight is 521 g/mol. The number of carbonyl (C=O) groups excluding carboxylic acids is 2. The molecule has 0 radical (unpaired) electrons. The number of benzene rings is 3. The van der Waals surface area contributed by atoms with Gasteiger partial charge in [-0.1, -0.05) is 72.8 Å². The zero-order valence-electron chi connectivity index (χ0n) is 21.6. The number of nitrogen functional groups attached to an aromatic ring is 1. The molecule has 4 aromatic rings. The lowest BCUT2D eigenvalue weighted by Crippen LogP contribution is -2.46. The monoisotopic (exact) mass is 520 g/mol. The maximum absolute atomic E-state index is 13.4. The van der Waals surface area contributed by atoms with E-state index in [0.29, 0.717) is 29.8 Å². The summed E-state index contributed by atoms with van der Waals surface area (Å²) < 4.78 is 0. The molecule has 5 N–H and O–H groups in total. The summed E-state index contributed by atoms with van der Waals surface area (Å²) in [6.45, 7) is 1.66. The number of nitrogens with zero attached hydrogens (tertiary/aromatic N) is 2. The Morgan fingerprint density at radius 3 is 2.49 bits per heavy atom. The highest BCUT2D eigenvalue weighted by atomic mass is 16.2. The van der Waals surface area contributed by atoms with Crippen molar-refractivity contribution in [2.45, 2.75) is 31.3 Å². The summed E-state index contributed by atoms with van der Waals surface area (Å²) in [4.78, 5) is 35.1. The molecule has 3 aromatic carbocycles. The number of amides is 2.